The smallest absolute Gasteiger partial charge is 0.331 e. The summed E-state index contributed by atoms with van der Waals surface area (Å²) in [5.74, 6) is 2.96. The Morgan fingerprint density at radius 2 is 1.24 bits per heavy atom. The summed E-state index contributed by atoms with van der Waals surface area (Å²) in [6.45, 7) is 0.316. The molecule has 8 rings (SSSR count). The maximum atomic E-state index is 16.3. The van der Waals surface area contributed by atoms with E-state index in [0.717, 1.165) is 21.3 Å². The largest absolute Gasteiger partial charge is 0.497 e. The first-order valence-electron chi connectivity index (χ1n) is 25.0. The van der Waals surface area contributed by atoms with E-state index in [9.17, 15) is 28.8 Å². The highest BCUT2D eigenvalue weighted by atomic mass is 33.1. The number of methoxy groups -OCH3 is 4. The van der Waals surface area contributed by atoms with Gasteiger partial charge in [-0.2, -0.15) is 0 Å². The van der Waals surface area contributed by atoms with Crippen molar-refractivity contribution in [2.75, 3.05) is 65.9 Å². The molecule has 5 heterocycles. The van der Waals surface area contributed by atoms with E-state index in [2.05, 4.69) is 15.9 Å². The molecule has 2 N–H and O–H groups in total. The Balaban J connectivity index is 1.22. The summed E-state index contributed by atoms with van der Waals surface area (Å²) < 4.78 is 87.5. The molecule has 0 radical (unpaired) electrons. The van der Waals surface area contributed by atoms with Gasteiger partial charge in [0.25, 0.3) is 11.1 Å². The first-order valence-corrected chi connectivity index (χ1v) is 29.2. The van der Waals surface area contributed by atoms with Crippen molar-refractivity contribution in [1.82, 2.24) is 19.1 Å². The Hall–Kier alpha value is -6.07. The number of ether oxygens (including phenoxy) is 9. The minimum Gasteiger partial charge on any atom is -0.497 e. The Kier molecular flexibility index (Phi) is 20.1. The highest BCUT2D eigenvalue weighted by Gasteiger charge is 2.54. The number of Topliss-reactive ketones (excluding diaryl/α,β-unsaturated/α-hetero) is 1. The molecule has 0 saturated carbocycles. The molecule has 3 aliphatic heterocycles. The fourth-order valence-electron chi connectivity index (χ4n) is 9.72. The third kappa shape index (κ3) is 13.8. The average molecular weight is 1150 g/mol. The number of carbonyl (C=O) groups excluding carboxylic acids is 2. The zero-order chi connectivity index (χ0) is 56.3. The van der Waals surface area contributed by atoms with Crippen LogP contribution in [0.2, 0.25) is 0 Å². The van der Waals surface area contributed by atoms with Gasteiger partial charge < -0.3 is 52.0 Å². The summed E-state index contributed by atoms with van der Waals surface area (Å²) in [5, 5.41) is 0. The second-order valence-corrected chi connectivity index (χ2v) is 23.2. The zero-order valence-corrected chi connectivity index (χ0v) is 46.4. The Labute approximate surface area is 461 Å². The van der Waals surface area contributed by atoms with Crippen LogP contribution < -0.4 is 32.0 Å². The van der Waals surface area contributed by atoms with E-state index < -0.39 is 109 Å². The lowest BCUT2D eigenvalue weighted by Gasteiger charge is -2.38. The number of hydrogen-bond donors (Lipinski definition) is 2. The van der Waals surface area contributed by atoms with Gasteiger partial charge in [-0.15, -0.1) is 6.42 Å². The van der Waals surface area contributed by atoms with Gasteiger partial charge in [0.2, 0.25) is 0 Å². The number of ketones is 1. The predicted octanol–water partition coefficient (Wildman–Crippen LogP) is 4.84. The van der Waals surface area contributed by atoms with Gasteiger partial charge in [-0.1, -0.05) is 82.1 Å². The molecule has 3 aliphatic rings. The van der Waals surface area contributed by atoms with Crippen molar-refractivity contribution in [3.05, 3.63) is 162 Å². The molecule has 1 unspecified atom stereocenters. The van der Waals surface area contributed by atoms with Crippen molar-refractivity contribution < 1.29 is 65.8 Å². The lowest BCUT2D eigenvalue weighted by atomic mass is 9.80. The van der Waals surface area contributed by atoms with Gasteiger partial charge >= 0.3 is 24.9 Å². The molecule has 0 spiro atoms. The highest BCUT2D eigenvalue weighted by Crippen LogP contribution is 2.56. The van der Waals surface area contributed by atoms with Crippen LogP contribution in [0.25, 0.3) is 0 Å². The van der Waals surface area contributed by atoms with Gasteiger partial charge in [0.15, 0.2) is 18.6 Å². The van der Waals surface area contributed by atoms with E-state index in [4.69, 9.17) is 58.1 Å². The van der Waals surface area contributed by atoms with Gasteiger partial charge in [0.1, 0.15) is 60.0 Å². The van der Waals surface area contributed by atoms with Crippen LogP contribution in [-0.4, -0.2) is 140 Å². The van der Waals surface area contributed by atoms with Gasteiger partial charge in [0.05, 0.1) is 46.1 Å². The van der Waals surface area contributed by atoms with Crippen LogP contribution in [0.1, 0.15) is 48.9 Å². The first-order chi connectivity index (χ1) is 38.1. The van der Waals surface area contributed by atoms with E-state index in [1.54, 1.807) is 49.3 Å². The molecule has 2 aromatic heterocycles. The van der Waals surface area contributed by atoms with Crippen LogP contribution in [0.15, 0.2) is 123 Å². The lowest BCUT2D eigenvalue weighted by molar-refractivity contribution is -0.158. The van der Waals surface area contributed by atoms with Crippen molar-refractivity contribution in [2.45, 2.75) is 80.5 Å². The molecule has 5 aromatic rings. The molecular formula is C54H61N4O18PS2. The van der Waals surface area contributed by atoms with E-state index in [1.165, 1.54) is 44.3 Å². The summed E-state index contributed by atoms with van der Waals surface area (Å²) in [5.41, 5.74) is -2.45. The summed E-state index contributed by atoms with van der Waals surface area (Å²) >= 11 is 0. The van der Waals surface area contributed by atoms with Crippen molar-refractivity contribution >= 4 is 40.9 Å². The number of rotatable bonds is 25. The summed E-state index contributed by atoms with van der Waals surface area (Å²) in [6.07, 6.45) is -3.67. The summed E-state index contributed by atoms with van der Waals surface area (Å²) in [7, 11) is 4.21. The lowest BCUT2D eigenvalue weighted by Crippen LogP contribution is -2.43. The van der Waals surface area contributed by atoms with Gasteiger partial charge in [-0.3, -0.25) is 42.6 Å². The summed E-state index contributed by atoms with van der Waals surface area (Å²) in [6, 6.07) is 26.3. The van der Waals surface area contributed by atoms with Crippen LogP contribution in [0.4, 0.5) is 0 Å². The quantitative estimate of drug-likeness (QED) is 0.0260. The van der Waals surface area contributed by atoms with Crippen molar-refractivity contribution in [3.8, 4) is 23.8 Å². The molecule has 0 aliphatic carbocycles. The van der Waals surface area contributed by atoms with Crippen molar-refractivity contribution in [2.24, 2.45) is 5.92 Å². The SMILES string of the molecule is C#CCO[C@@H]1CSSC[C@H]1CP(=O)(OC[C@H]1O[C@@H](n2ccc(=O)[nH]c2=O)[C@H](OC)[C@@H]1OC(=O)CCC(C)=O)O[C@H]1[C@@H](OC)[C@H](n2ccc(=O)[nH]c2=O)O[C@@H]1COC(c1ccccc1)(c1ccc(OC)cc1)c1ccc(OC)cc1. The number of benzene rings is 3. The molecule has 3 aromatic carbocycles. The van der Waals surface area contributed by atoms with Crippen LogP contribution in [0.5, 0.6) is 11.5 Å². The zero-order valence-electron chi connectivity index (χ0n) is 43.8. The van der Waals surface area contributed by atoms with Gasteiger partial charge in [-0.25, -0.2) is 9.59 Å². The fraction of sp³-hybridized carbons (Fsp3) is 0.444. The molecule has 0 amide bonds. The number of H-pyrrole nitrogens is 2. The van der Waals surface area contributed by atoms with E-state index in [-0.39, 0.29) is 38.0 Å². The maximum absolute atomic E-state index is 16.3. The Morgan fingerprint density at radius 3 is 1.76 bits per heavy atom. The predicted molar refractivity (Wildman–Crippen MR) is 290 cm³/mol. The van der Waals surface area contributed by atoms with E-state index in [0.29, 0.717) is 39.7 Å². The highest BCUT2D eigenvalue weighted by molar-refractivity contribution is 8.76. The monoisotopic (exact) mass is 1150 g/mol. The number of hydrogen-bond acceptors (Lipinski definition) is 20. The van der Waals surface area contributed by atoms with E-state index >= 15 is 4.57 Å². The number of aromatic nitrogens is 4. The van der Waals surface area contributed by atoms with Gasteiger partial charge in [-0.05, 0) is 47.9 Å². The molecule has 25 heteroatoms. The molecule has 79 heavy (non-hydrogen) atoms. The second kappa shape index (κ2) is 26.9. The molecule has 3 saturated heterocycles. The standard InChI is InChI=1S/C54H61N4O18PS2/c1-7-27-70-42-32-79-78-31-34(42)30-77(65,72-29-41-46(75-45(62)22-13-33(2)59)48(68-5)50(74-41)57-25-23-43(60)55-52(57)63)76-47-40(73-51(49(47)69-6)58-26-24-44(61)56-53(58)64)28-71-54(35-11-9-8-10-12-35,36-14-18-38(66-3)19-15-36)37-16-20-39(67-4)21-17-37/h1,8-12,14-21,23-26,34,40-42,46-51H,13,22,27-32H2,2-6H3,(H,55,60,63)(H,56,61,64)/t34-,40-,41-,42-,46-,47-,48-,49-,50-,51-,77?/m1/s1. The van der Waals surface area contributed by atoms with Crippen LogP contribution in [0.3, 0.4) is 0 Å². The summed E-state index contributed by atoms with van der Waals surface area (Å²) in [4.78, 5) is 81.2. The number of carbonyl (C=O) groups is 2. The maximum Gasteiger partial charge on any atom is 0.331 e. The number of nitrogens with one attached hydrogen (secondary N) is 2. The topological polar surface area (TPSA) is 262 Å². The van der Waals surface area contributed by atoms with Crippen molar-refractivity contribution in [3.63, 3.8) is 0 Å². The average Bonchev–Trinajstić information content (AvgIpc) is 4.20. The molecule has 3 fully saturated rings. The number of esters is 1. The molecule has 11 atom stereocenters. The number of aromatic amines is 2. The molecular weight excluding hydrogens is 1090 g/mol. The minimum atomic E-state index is -4.63. The van der Waals surface area contributed by atoms with Crippen molar-refractivity contribution in [1.29, 1.82) is 0 Å². The van der Waals surface area contributed by atoms with Crippen LogP contribution in [-0.2, 0) is 62.0 Å². The molecule has 422 valence electrons. The molecule has 22 nitrogen and oxygen atoms in total. The number of terminal acetylenes is 1. The Morgan fingerprint density at radius 1 is 0.709 bits per heavy atom. The third-order valence-corrected chi connectivity index (χ3v) is 18.2. The number of nitrogens with zero attached hydrogens (tertiary/aromatic N) is 2. The van der Waals surface area contributed by atoms with Crippen LogP contribution in [0, 0.1) is 18.3 Å². The minimum absolute atomic E-state index is 0.0440. The Bertz CT molecular complexity index is 3160. The normalized spacial score (nSPS) is 24.8. The second-order valence-electron chi connectivity index (χ2n) is 18.6. The van der Waals surface area contributed by atoms with Gasteiger partial charge in [0, 0.05) is 62.6 Å². The molecule has 0 bridgehead atoms. The third-order valence-electron chi connectivity index (χ3n) is 13.6. The first kappa shape index (κ1) is 59.1. The van der Waals surface area contributed by atoms with Crippen LogP contribution >= 0.6 is 29.2 Å². The van der Waals surface area contributed by atoms with E-state index in [1.807, 2.05) is 54.6 Å². The fourth-order valence-corrected chi connectivity index (χ4v) is 14.8.